The second-order valence-electron chi connectivity index (χ2n) is 4.44. The van der Waals surface area contributed by atoms with Gasteiger partial charge in [-0.3, -0.25) is 4.79 Å². The van der Waals surface area contributed by atoms with Crippen LogP contribution in [0.2, 0.25) is 0 Å². The lowest BCUT2D eigenvalue weighted by molar-refractivity contribution is -0.132. The highest BCUT2D eigenvalue weighted by atomic mass is 19.1. The Hall–Kier alpha value is -1.42. The summed E-state index contributed by atoms with van der Waals surface area (Å²) in [6.07, 6.45) is 0.483. The molecule has 0 fully saturated rings. The third-order valence-corrected chi connectivity index (χ3v) is 2.85. The second-order valence-corrected chi connectivity index (χ2v) is 4.44. The predicted octanol–water partition coefficient (Wildman–Crippen LogP) is 1.34. The monoisotopic (exact) mass is 238 g/mol. The van der Waals surface area contributed by atoms with Crippen molar-refractivity contribution in [1.82, 2.24) is 4.90 Å². The summed E-state index contributed by atoms with van der Waals surface area (Å²) >= 11 is 0. The lowest BCUT2D eigenvalue weighted by Gasteiger charge is -2.19. The van der Waals surface area contributed by atoms with Crippen molar-refractivity contribution in [2.75, 3.05) is 20.6 Å². The summed E-state index contributed by atoms with van der Waals surface area (Å²) < 4.78 is 13.1. The van der Waals surface area contributed by atoms with E-state index in [-0.39, 0.29) is 24.2 Å². The lowest BCUT2D eigenvalue weighted by atomic mass is 9.95. The van der Waals surface area contributed by atoms with Gasteiger partial charge < -0.3 is 10.6 Å². The van der Waals surface area contributed by atoms with Gasteiger partial charge in [0.15, 0.2) is 0 Å². The van der Waals surface area contributed by atoms with E-state index in [1.54, 1.807) is 20.2 Å². The van der Waals surface area contributed by atoms with Gasteiger partial charge in [0, 0.05) is 20.6 Å². The van der Waals surface area contributed by atoms with E-state index in [2.05, 4.69) is 0 Å². The number of amides is 1. The molecule has 2 N–H and O–H groups in total. The molecule has 0 saturated carbocycles. The smallest absolute Gasteiger partial charge is 0.226 e. The molecule has 1 rings (SSSR count). The number of nitrogens with zero attached hydrogens (tertiary/aromatic N) is 1. The Bertz CT molecular complexity index is 404. The van der Waals surface area contributed by atoms with Gasteiger partial charge in [0.25, 0.3) is 0 Å². The maximum absolute atomic E-state index is 13.1. The SMILES string of the molecule is Cc1ccc(F)cc1CC(CN)C(=O)N(C)C. The molecule has 4 heteroatoms. The Morgan fingerprint density at radius 2 is 2.12 bits per heavy atom. The summed E-state index contributed by atoms with van der Waals surface area (Å²) in [4.78, 5) is 13.3. The van der Waals surface area contributed by atoms with Crippen LogP contribution >= 0.6 is 0 Å². The van der Waals surface area contributed by atoms with Crippen molar-refractivity contribution in [2.45, 2.75) is 13.3 Å². The molecule has 1 amide bonds. The molecule has 0 spiro atoms. The van der Waals surface area contributed by atoms with Crippen molar-refractivity contribution in [3.63, 3.8) is 0 Å². The highest BCUT2D eigenvalue weighted by Crippen LogP contribution is 2.16. The molecule has 1 aromatic carbocycles. The number of carbonyl (C=O) groups is 1. The van der Waals surface area contributed by atoms with Gasteiger partial charge in [-0.05, 0) is 36.6 Å². The van der Waals surface area contributed by atoms with E-state index in [1.807, 2.05) is 6.92 Å². The largest absolute Gasteiger partial charge is 0.349 e. The Morgan fingerprint density at radius 1 is 1.47 bits per heavy atom. The van der Waals surface area contributed by atoms with E-state index in [1.165, 1.54) is 17.0 Å². The summed E-state index contributed by atoms with van der Waals surface area (Å²) in [6, 6.07) is 4.61. The van der Waals surface area contributed by atoms with E-state index >= 15 is 0 Å². The third-order valence-electron chi connectivity index (χ3n) is 2.85. The Morgan fingerprint density at radius 3 is 2.65 bits per heavy atom. The average molecular weight is 238 g/mol. The molecular formula is C13H19FN2O. The van der Waals surface area contributed by atoms with Crippen molar-refractivity contribution >= 4 is 5.91 Å². The standard InChI is InChI=1S/C13H19FN2O/c1-9-4-5-12(14)7-10(9)6-11(8-15)13(17)16(2)3/h4-5,7,11H,6,8,15H2,1-3H3. The molecule has 0 heterocycles. The summed E-state index contributed by atoms with van der Waals surface area (Å²) in [7, 11) is 3.40. The quantitative estimate of drug-likeness (QED) is 0.860. The van der Waals surface area contributed by atoms with E-state index < -0.39 is 0 Å². The van der Waals surface area contributed by atoms with Gasteiger partial charge in [-0.1, -0.05) is 6.07 Å². The van der Waals surface area contributed by atoms with Gasteiger partial charge in [0.05, 0.1) is 5.92 Å². The predicted molar refractivity (Wildman–Crippen MR) is 66.1 cm³/mol. The number of rotatable bonds is 4. The van der Waals surface area contributed by atoms with Crippen LogP contribution in [0.1, 0.15) is 11.1 Å². The number of halogens is 1. The number of hydrogen-bond donors (Lipinski definition) is 1. The van der Waals surface area contributed by atoms with Gasteiger partial charge in [0.1, 0.15) is 5.82 Å². The van der Waals surface area contributed by atoms with Crippen molar-refractivity contribution in [3.8, 4) is 0 Å². The van der Waals surface area contributed by atoms with Gasteiger partial charge in [0.2, 0.25) is 5.91 Å². The number of hydrogen-bond acceptors (Lipinski definition) is 2. The van der Waals surface area contributed by atoms with Crippen molar-refractivity contribution in [3.05, 3.63) is 35.1 Å². The Balaban J connectivity index is 2.87. The summed E-state index contributed by atoms with van der Waals surface area (Å²) in [5.41, 5.74) is 7.43. The molecule has 3 nitrogen and oxygen atoms in total. The van der Waals surface area contributed by atoms with Gasteiger partial charge in [-0.25, -0.2) is 4.39 Å². The molecule has 0 aromatic heterocycles. The molecular weight excluding hydrogens is 219 g/mol. The van der Waals surface area contributed by atoms with Crippen LogP contribution in [0.25, 0.3) is 0 Å². The minimum absolute atomic E-state index is 0.0174. The van der Waals surface area contributed by atoms with Crippen LogP contribution in [-0.2, 0) is 11.2 Å². The molecule has 94 valence electrons. The third kappa shape index (κ3) is 3.53. The van der Waals surface area contributed by atoms with E-state index in [0.717, 1.165) is 11.1 Å². The van der Waals surface area contributed by atoms with Crippen LogP contribution in [-0.4, -0.2) is 31.4 Å². The van der Waals surface area contributed by atoms with Gasteiger partial charge in [-0.15, -0.1) is 0 Å². The molecule has 0 aliphatic rings. The first-order valence-corrected chi connectivity index (χ1v) is 5.62. The minimum Gasteiger partial charge on any atom is -0.349 e. The first kappa shape index (κ1) is 13.6. The number of aryl methyl sites for hydroxylation is 1. The number of carbonyl (C=O) groups excluding carboxylic acids is 1. The van der Waals surface area contributed by atoms with Crippen LogP contribution in [0.15, 0.2) is 18.2 Å². The first-order chi connectivity index (χ1) is 7.95. The average Bonchev–Trinajstić information content (AvgIpc) is 2.29. The van der Waals surface area contributed by atoms with Crippen LogP contribution in [0.5, 0.6) is 0 Å². The number of nitrogens with two attached hydrogens (primary N) is 1. The Labute approximate surface area is 101 Å². The highest BCUT2D eigenvalue weighted by molar-refractivity contribution is 5.78. The summed E-state index contributed by atoms with van der Waals surface area (Å²) in [6.45, 7) is 2.18. The summed E-state index contributed by atoms with van der Waals surface area (Å²) in [5.74, 6) is -0.583. The van der Waals surface area contributed by atoms with E-state index in [4.69, 9.17) is 5.73 Å². The molecule has 0 saturated heterocycles. The zero-order valence-corrected chi connectivity index (χ0v) is 10.5. The number of benzene rings is 1. The summed E-state index contributed by atoms with van der Waals surface area (Å²) in [5, 5.41) is 0. The van der Waals surface area contributed by atoms with E-state index in [9.17, 15) is 9.18 Å². The molecule has 0 aliphatic heterocycles. The molecule has 0 bridgehead atoms. The van der Waals surface area contributed by atoms with Gasteiger partial charge >= 0.3 is 0 Å². The maximum atomic E-state index is 13.1. The van der Waals surface area contributed by atoms with Crippen LogP contribution in [0, 0.1) is 18.7 Å². The normalized spacial score (nSPS) is 12.3. The lowest BCUT2D eigenvalue weighted by Crippen LogP contribution is -2.35. The minimum atomic E-state index is -0.287. The fourth-order valence-electron chi connectivity index (χ4n) is 1.76. The maximum Gasteiger partial charge on any atom is 0.226 e. The molecule has 0 aliphatic carbocycles. The van der Waals surface area contributed by atoms with Crippen LogP contribution in [0.4, 0.5) is 4.39 Å². The van der Waals surface area contributed by atoms with Crippen molar-refractivity contribution in [2.24, 2.45) is 11.7 Å². The zero-order chi connectivity index (χ0) is 13.0. The zero-order valence-electron chi connectivity index (χ0n) is 10.5. The highest BCUT2D eigenvalue weighted by Gasteiger charge is 2.19. The fourth-order valence-corrected chi connectivity index (χ4v) is 1.76. The van der Waals surface area contributed by atoms with Crippen LogP contribution in [0.3, 0.4) is 0 Å². The van der Waals surface area contributed by atoms with Crippen molar-refractivity contribution in [1.29, 1.82) is 0 Å². The second kappa shape index (κ2) is 5.77. The van der Waals surface area contributed by atoms with Crippen LogP contribution < -0.4 is 5.73 Å². The topological polar surface area (TPSA) is 46.3 Å². The molecule has 1 unspecified atom stereocenters. The fraction of sp³-hybridized carbons (Fsp3) is 0.462. The molecule has 1 atom stereocenters. The first-order valence-electron chi connectivity index (χ1n) is 5.62. The van der Waals surface area contributed by atoms with E-state index in [0.29, 0.717) is 6.42 Å². The Kier molecular flexibility index (Phi) is 4.63. The molecule has 17 heavy (non-hydrogen) atoms. The van der Waals surface area contributed by atoms with Crippen molar-refractivity contribution < 1.29 is 9.18 Å². The molecule has 1 aromatic rings. The van der Waals surface area contributed by atoms with Gasteiger partial charge in [-0.2, -0.15) is 0 Å². The molecule has 0 radical (unpaired) electrons.